The Labute approximate surface area is 418 Å². The molecular formula is C60H54ClN3O3Ru+3. The third-order valence-electron chi connectivity index (χ3n) is 14.8. The summed E-state index contributed by atoms with van der Waals surface area (Å²) in [4.78, 5) is 10.6. The molecule has 8 heteroatoms. The topological polar surface area (TPSA) is 109 Å². The maximum absolute atomic E-state index is 12.5. The van der Waals surface area contributed by atoms with Crippen LogP contribution >= 0.6 is 0 Å². The second kappa shape index (κ2) is 21.8. The largest absolute Gasteiger partial charge is 3.00 e. The van der Waals surface area contributed by atoms with Gasteiger partial charge < -0.3 is 22.6 Å². The van der Waals surface area contributed by atoms with Crippen LogP contribution in [0.5, 0.6) is 11.5 Å². The molecule has 0 saturated heterocycles. The van der Waals surface area contributed by atoms with Crippen LogP contribution in [-0.4, -0.2) is 34.7 Å². The Balaban J connectivity index is 0.00000154. The molecule has 0 aliphatic heterocycles. The third-order valence-corrected chi connectivity index (χ3v) is 14.8. The maximum atomic E-state index is 12.5. The molecule has 0 amide bonds. The number of phenolic OH excluding ortho intramolecular Hbond substituents is 2. The summed E-state index contributed by atoms with van der Waals surface area (Å²) in [5.74, 6) is 1.04. The summed E-state index contributed by atoms with van der Waals surface area (Å²) in [6, 6.07) is 60.4. The summed E-state index contributed by atoms with van der Waals surface area (Å²) in [6.45, 7) is 0. The number of rotatable bonds is 8. The second-order valence-electron chi connectivity index (χ2n) is 18.3. The summed E-state index contributed by atoms with van der Waals surface area (Å²) in [6.07, 6.45) is 11.9. The number of hydrogen-bond donors (Lipinski definition) is 2. The molecule has 339 valence electrons. The van der Waals surface area contributed by atoms with Crippen LogP contribution in [0.3, 0.4) is 0 Å². The van der Waals surface area contributed by atoms with E-state index in [1.165, 1.54) is 33.4 Å². The smallest absolute Gasteiger partial charge is 1.00 e. The normalized spacial score (nSPS) is 20.9. The number of aliphatic imine (C=N–C) groups is 2. The first kappa shape index (κ1) is 48.3. The molecule has 3 aliphatic rings. The molecule has 1 fully saturated rings. The van der Waals surface area contributed by atoms with E-state index in [0.717, 1.165) is 95.2 Å². The van der Waals surface area contributed by atoms with Gasteiger partial charge in [0.1, 0.15) is 11.5 Å². The Bertz CT molecular complexity index is 2900. The zero-order chi connectivity index (χ0) is 45.0. The number of fused-ring (bicyclic) bond motifs is 4. The van der Waals surface area contributed by atoms with E-state index in [1.54, 1.807) is 0 Å². The van der Waals surface area contributed by atoms with E-state index in [-0.39, 0.29) is 67.6 Å². The first-order valence-electron chi connectivity index (χ1n) is 23.6. The fourth-order valence-electron chi connectivity index (χ4n) is 11.7. The van der Waals surface area contributed by atoms with Gasteiger partial charge in [-0.1, -0.05) is 171 Å². The van der Waals surface area contributed by atoms with Crippen molar-refractivity contribution in [3.63, 3.8) is 0 Å². The summed E-state index contributed by atoms with van der Waals surface area (Å²) in [7, 11) is 0. The van der Waals surface area contributed by atoms with Crippen molar-refractivity contribution in [2.24, 2.45) is 9.98 Å². The van der Waals surface area contributed by atoms with Crippen molar-refractivity contribution < 1.29 is 46.9 Å². The van der Waals surface area contributed by atoms with Crippen LogP contribution in [-0.2, 0) is 37.1 Å². The van der Waals surface area contributed by atoms with E-state index in [9.17, 15) is 10.2 Å². The molecule has 6 atom stereocenters. The van der Waals surface area contributed by atoms with Crippen LogP contribution < -0.4 is 12.4 Å². The van der Waals surface area contributed by atoms with Gasteiger partial charge in [-0.25, -0.2) is 0 Å². The predicted octanol–water partition coefficient (Wildman–Crippen LogP) is 10.9. The van der Waals surface area contributed by atoms with Crippen molar-refractivity contribution in [3.05, 3.63) is 225 Å². The molecule has 5 unspecified atom stereocenters. The molecule has 2 N–H and O–H groups in total. The zero-order valence-electron chi connectivity index (χ0n) is 37.8. The van der Waals surface area contributed by atoms with Gasteiger partial charge in [0.15, 0.2) is 0 Å². The van der Waals surface area contributed by atoms with Gasteiger partial charge in [-0.3, -0.25) is 9.98 Å². The number of hydrogen-bond acceptors (Lipinski definition) is 5. The van der Waals surface area contributed by atoms with Gasteiger partial charge in [0, 0.05) is 46.5 Å². The van der Waals surface area contributed by atoms with Gasteiger partial charge in [-0.05, 0) is 117 Å². The van der Waals surface area contributed by atoms with Gasteiger partial charge >= 0.3 is 29.7 Å². The average Bonchev–Trinajstić information content (AvgIpc) is 3.38. The SMILES string of the molecule is N#[O+].Oc1c(C=NC2CCCC[C@@H]2N=Cc2cc3ccccc3c(C3c4ccccc4CCC3c3ccccc3)c2O)cc2ccccc2c1C1c2ccccc2CCC1c1ccccc1.[Cl-].[Ru+3]. The van der Waals surface area contributed by atoms with Gasteiger partial charge in [-0.15, -0.1) is 0 Å². The van der Waals surface area contributed by atoms with E-state index in [4.69, 9.17) is 20.2 Å². The Morgan fingerprint density at radius 2 is 0.838 bits per heavy atom. The first-order valence-corrected chi connectivity index (χ1v) is 23.6. The van der Waals surface area contributed by atoms with E-state index in [1.807, 2.05) is 12.4 Å². The van der Waals surface area contributed by atoms with Crippen molar-refractivity contribution in [1.82, 2.24) is 0 Å². The minimum atomic E-state index is -0.0541. The minimum Gasteiger partial charge on any atom is -1.00 e. The van der Waals surface area contributed by atoms with E-state index in [0.29, 0.717) is 11.5 Å². The molecule has 68 heavy (non-hydrogen) atoms. The Hall–Kier alpha value is -6.20. The first-order chi connectivity index (χ1) is 32.6. The van der Waals surface area contributed by atoms with Crippen molar-refractivity contribution in [1.29, 1.82) is 5.46 Å². The molecule has 0 spiro atoms. The van der Waals surface area contributed by atoms with Crippen molar-refractivity contribution in [2.45, 2.75) is 87.1 Å². The van der Waals surface area contributed by atoms with Crippen LogP contribution in [0, 0.1) is 5.46 Å². The number of aryl methyl sites for hydroxylation is 2. The molecule has 6 nitrogen and oxygen atoms in total. The van der Waals surface area contributed by atoms with Crippen molar-refractivity contribution >= 4 is 34.0 Å². The summed E-state index contributed by atoms with van der Waals surface area (Å²) in [5, 5.41) is 29.4. The summed E-state index contributed by atoms with van der Waals surface area (Å²) in [5.41, 5.74) is 17.1. The van der Waals surface area contributed by atoms with Gasteiger partial charge in [0.05, 0.1) is 12.1 Å². The third kappa shape index (κ3) is 9.34. The van der Waals surface area contributed by atoms with E-state index in [2.05, 4.69) is 170 Å². The second-order valence-corrected chi connectivity index (χ2v) is 18.3. The molecular weight excluding hydrogens is 947 g/mol. The molecule has 8 aromatic carbocycles. The summed E-state index contributed by atoms with van der Waals surface area (Å²) >= 11 is 0. The zero-order valence-corrected chi connectivity index (χ0v) is 40.3. The van der Waals surface area contributed by atoms with E-state index < -0.39 is 0 Å². The Morgan fingerprint density at radius 1 is 0.471 bits per heavy atom. The van der Waals surface area contributed by atoms with Crippen LogP contribution in [0.4, 0.5) is 0 Å². The minimum absolute atomic E-state index is 0. The molecule has 8 aromatic rings. The van der Waals surface area contributed by atoms with Crippen LogP contribution in [0.15, 0.2) is 180 Å². The fourth-order valence-corrected chi connectivity index (χ4v) is 11.7. The molecule has 0 aromatic heterocycles. The standard InChI is InChI=1S/C60H54N2O2.ClH.NO.Ru/c63-59-45(35-43-23-9-13-27-49(43)57(59)55-47-25-11-7-21-41(47)31-33-51(55)39-17-3-1-4-18-39)37-61-53-29-15-16-30-54(53)62-38-46-36-44-24-10-14-28-50(44)58(60(46)64)56-48-26-12-8-22-42(48)32-34-52(56)40-19-5-2-6-20-40;;1-2;/h1-14,17-28,35-38,51-56,63-64H,15-16,29-34H2;1H;;/q;;+1;+3/p-1/t51?,52?,53-,54?,55?,56?;;;/m0.../s1. The average molecular weight is 1000 g/mol. The number of nitrogens with zero attached hydrogens (tertiary/aromatic N) is 3. The Kier molecular flexibility index (Phi) is 15.5. The number of halogens is 1. The number of benzene rings is 8. The monoisotopic (exact) mass is 1000 g/mol. The Morgan fingerprint density at radius 3 is 1.26 bits per heavy atom. The van der Waals surface area contributed by atoms with Crippen LogP contribution in [0.25, 0.3) is 21.5 Å². The summed E-state index contributed by atoms with van der Waals surface area (Å²) < 4.78 is 7.25. The van der Waals surface area contributed by atoms with Crippen LogP contribution in [0.2, 0.25) is 0 Å². The molecule has 0 heterocycles. The van der Waals surface area contributed by atoms with Gasteiger partial charge in [-0.2, -0.15) is 0 Å². The van der Waals surface area contributed by atoms with Crippen LogP contribution in [0.1, 0.15) is 118 Å². The van der Waals surface area contributed by atoms with E-state index >= 15 is 0 Å². The molecule has 0 bridgehead atoms. The van der Waals surface area contributed by atoms with Gasteiger partial charge in [0.25, 0.3) is 0 Å². The number of aromatic hydroxyl groups is 2. The maximum Gasteiger partial charge on any atom is 3.00 e. The molecule has 3 aliphatic carbocycles. The molecule has 1 radical (unpaired) electrons. The quantitative estimate of drug-likeness (QED) is 0.0899. The molecule has 1 saturated carbocycles. The van der Waals surface area contributed by atoms with Gasteiger partial charge in [0.2, 0.25) is 0 Å². The number of phenols is 2. The molecule has 11 rings (SSSR count). The predicted molar refractivity (Wildman–Crippen MR) is 266 cm³/mol. The van der Waals surface area contributed by atoms with Crippen molar-refractivity contribution in [2.75, 3.05) is 0 Å². The van der Waals surface area contributed by atoms with Crippen molar-refractivity contribution in [3.8, 4) is 11.5 Å². The fraction of sp³-hybridized carbons (Fsp3) is 0.233.